The molecule has 2 N–H and O–H groups in total. The molecular formula is C23H38N4O. The van der Waals surface area contributed by atoms with E-state index in [-0.39, 0.29) is 0 Å². The lowest BCUT2D eigenvalue weighted by Crippen LogP contribution is -2.44. The Balaban J connectivity index is 1.63. The normalized spacial score (nSPS) is 20.6. The Bertz CT molecular complexity index is 594. The van der Waals surface area contributed by atoms with Crippen LogP contribution in [0.1, 0.15) is 57.1 Å². The third-order valence-corrected chi connectivity index (χ3v) is 6.40. The van der Waals surface area contributed by atoms with Gasteiger partial charge in [0.2, 0.25) is 0 Å². The number of nitrogens with zero attached hydrogens (tertiary/aromatic N) is 2. The Labute approximate surface area is 170 Å². The van der Waals surface area contributed by atoms with Gasteiger partial charge in [-0.3, -0.25) is 9.89 Å². The number of hydrogen-bond donors (Lipinski definition) is 2. The zero-order valence-corrected chi connectivity index (χ0v) is 17.8. The van der Waals surface area contributed by atoms with Crippen LogP contribution in [-0.2, 0) is 4.74 Å². The topological polar surface area (TPSA) is 48.9 Å². The molecule has 1 aliphatic carbocycles. The van der Waals surface area contributed by atoms with Gasteiger partial charge in [0.15, 0.2) is 5.96 Å². The smallest absolute Gasteiger partial charge is 0.191 e. The van der Waals surface area contributed by atoms with Crippen molar-refractivity contribution in [2.24, 2.45) is 10.4 Å². The molecule has 0 radical (unpaired) electrons. The highest BCUT2D eigenvalue weighted by molar-refractivity contribution is 5.79. The fourth-order valence-corrected chi connectivity index (χ4v) is 4.45. The predicted octanol–water partition coefficient (Wildman–Crippen LogP) is 3.59. The number of benzene rings is 1. The van der Waals surface area contributed by atoms with Crippen LogP contribution in [-0.4, -0.2) is 57.3 Å². The minimum atomic E-state index is 0.353. The summed E-state index contributed by atoms with van der Waals surface area (Å²) >= 11 is 0. The highest BCUT2D eigenvalue weighted by Gasteiger charge is 2.36. The molecule has 0 bridgehead atoms. The third-order valence-electron chi connectivity index (χ3n) is 6.40. The first-order valence-electron chi connectivity index (χ1n) is 11.1. The number of aliphatic imine (C=N–C) groups is 1. The molecule has 2 fully saturated rings. The van der Waals surface area contributed by atoms with Crippen molar-refractivity contribution in [3.63, 3.8) is 0 Å². The number of rotatable bonds is 10. The summed E-state index contributed by atoms with van der Waals surface area (Å²) in [5.41, 5.74) is 1.75. The summed E-state index contributed by atoms with van der Waals surface area (Å²) in [5, 5.41) is 7.08. The molecule has 0 spiro atoms. The van der Waals surface area contributed by atoms with Crippen molar-refractivity contribution >= 4 is 5.96 Å². The lowest BCUT2D eigenvalue weighted by atomic mass is 9.67. The summed E-state index contributed by atoms with van der Waals surface area (Å²) in [6.07, 6.45) is 7.61. The Kier molecular flexibility index (Phi) is 8.16. The summed E-state index contributed by atoms with van der Waals surface area (Å²) in [6.45, 7) is 8.02. The van der Waals surface area contributed by atoms with Crippen LogP contribution in [0, 0.1) is 5.41 Å². The monoisotopic (exact) mass is 386 g/mol. The van der Waals surface area contributed by atoms with E-state index in [2.05, 4.69) is 52.8 Å². The van der Waals surface area contributed by atoms with E-state index < -0.39 is 0 Å². The summed E-state index contributed by atoms with van der Waals surface area (Å²) in [7, 11) is 1.79. The van der Waals surface area contributed by atoms with E-state index in [1.165, 1.54) is 50.8 Å². The predicted molar refractivity (Wildman–Crippen MR) is 117 cm³/mol. The molecule has 0 aromatic heterocycles. The third kappa shape index (κ3) is 5.71. The molecule has 0 amide bonds. The second kappa shape index (κ2) is 10.8. The molecule has 1 aliphatic heterocycles. The van der Waals surface area contributed by atoms with Crippen molar-refractivity contribution in [2.75, 3.05) is 46.4 Å². The number of hydrogen-bond acceptors (Lipinski definition) is 3. The first-order valence-corrected chi connectivity index (χ1v) is 11.1. The number of methoxy groups -OCH3 is 1. The SMILES string of the molecule is CCNC(=NCC1(CCOC)CCC1)NCC(c1ccccc1)N1CCCC1. The molecule has 1 atom stereocenters. The molecule has 1 saturated heterocycles. The molecule has 5 heteroatoms. The van der Waals surface area contributed by atoms with E-state index in [4.69, 9.17) is 9.73 Å². The first-order chi connectivity index (χ1) is 13.8. The van der Waals surface area contributed by atoms with Crippen molar-refractivity contribution in [1.82, 2.24) is 15.5 Å². The van der Waals surface area contributed by atoms with Crippen LogP contribution in [0.5, 0.6) is 0 Å². The van der Waals surface area contributed by atoms with Gasteiger partial charge in [0.25, 0.3) is 0 Å². The van der Waals surface area contributed by atoms with Gasteiger partial charge in [-0.25, -0.2) is 0 Å². The molecular weight excluding hydrogens is 348 g/mol. The molecule has 1 saturated carbocycles. The van der Waals surface area contributed by atoms with E-state index in [0.29, 0.717) is 11.5 Å². The van der Waals surface area contributed by atoms with Crippen molar-refractivity contribution < 1.29 is 4.74 Å². The summed E-state index contributed by atoms with van der Waals surface area (Å²) < 4.78 is 5.33. The molecule has 2 aliphatic rings. The van der Waals surface area contributed by atoms with Crippen LogP contribution < -0.4 is 10.6 Å². The molecule has 1 unspecified atom stereocenters. The van der Waals surface area contributed by atoms with Crippen LogP contribution in [0.15, 0.2) is 35.3 Å². The number of nitrogens with one attached hydrogen (secondary N) is 2. The maximum Gasteiger partial charge on any atom is 0.191 e. The van der Waals surface area contributed by atoms with Gasteiger partial charge in [0, 0.05) is 33.4 Å². The van der Waals surface area contributed by atoms with Crippen molar-refractivity contribution in [3.8, 4) is 0 Å². The molecule has 1 aromatic carbocycles. The van der Waals surface area contributed by atoms with E-state index in [9.17, 15) is 0 Å². The molecule has 1 aromatic rings. The molecule has 3 rings (SSSR count). The Morgan fingerprint density at radius 2 is 1.89 bits per heavy atom. The lowest BCUT2D eigenvalue weighted by molar-refractivity contribution is 0.0778. The van der Waals surface area contributed by atoms with Gasteiger partial charge in [0.05, 0.1) is 6.04 Å². The van der Waals surface area contributed by atoms with Crippen molar-refractivity contribution in [2.45, 2.75) is 51.5 Å². The molecule has 28 heavy (non-hydrogen) atoms. The van der Waals surface area contributed by atoms with Gasteiger partial charge in [-0.1, -0.05) is 36.8 Å². The first kappa shape index (κ1) is 21.1. The van der Waals surface area contributed by atoms with Crippen LogP contribution in [0.25, 0.3) is 0 Å². The van der Waals surface area contributed by atoms with Gasteiger partial charge in [-0.2, -0.15) is 0 Å². The van der Waals surface area contributed by atoms with Gasteiger partial charge in [-0.05, 0) is 63.1 Å². The second-order valence-corrected chi connectivity index (χ2v) is 8.34. The number of likely N-dealkylation sites (tertiary alicyclic amines) is 1. The maximum absolute atomic E-state index is 5.33. The minimum Gasteiger partial charge on any atom is -0.385 e. The zero-order chi connectivity index (χ0) is 19.7. The van der Waals surface area contributed by atoms with E-state index >= 15 is 0 Å². The quantitative estimate of drug-likeness (QED) is 0.477. The number of guanidine groups is 1. The van der Waals surface area contributed by atoms with Gasteiger partial charge in [0.1, 0.15) is 0 Å². The molecule has 1 heterocycles. The standard InChI is InChI=1S/C23H38N4O/c1-3-24-22(26-19-23(12-9-13-23)14-17-28-2)25-18-21(27-15-7-8-16-27)20-10-5-4-6-11-20/h4-6,10-11,21H,3,7-9,12-19H2,1-2H3,(H2,24,25,26). The Hall–Kier alpha value is -1.59. The van der Waals surface area contributed by atoms with Gasteiger partial charge >= 0.3 is 0 Å². The van der Waals surface area contributed by atoms with E-state index in [1.807, 2.05) is 0 Å². The molecule has 156 valence electrons. The summed E-state index contributed by atoms with van der Waals surface area (Å²) in [5.74, 6) is 0.950. The van der Waals surface area contributed by atoms with Gasteiger partial charge < -0.3 is 15.4 Å². The van der Waals surface area contributed by atoms with Crippen LogP contribution in [0.4, 0.5) is 0 Å². The van der Waals surface area contributed by atoms with Crippen LogP contribution in [0.2, 0.25) is 0 Å². The Morgan fingerprint density at radius 1 is 1.14 bits per heavy atom. The fraction of sp³-hybridized carbons (Fsp3) is 0.696. The summed E-state index contributed by atoms with van der Waals surface area (Å²) in [6, 6.07) is 11.3. The average Bonchev–Trinajstić information content (AvgIpc) is 3.22. The molecule has 5 nitrogen and oxygen atoms in total. The van der Waals surface area contributed by atoms with Gasteiger partial charge in [-0.15, -0.1) is 0 Å². The minimum absolute atomic E-state index is 0.353. The van der Waals surface area contributed by atoms with Crippen LogP contribution in [0.3, 0.4) is 0 Å². The number of ether oxygens (including phenoxy) is 1. The fourth-order valence-electron chi connectivity index (χ4n) is 4.45. The van der Waals surface area contributed by atoms with E-state index in [0.717, 1.165) is 38.6 Å². The zero-order valence-electron chi connectivity index (χ0n) is 17.8. The van der Waals surface area contributed by atoms with E-state index in [1.54, 1.807) is 7.11 Å². The second-order valence-electron chi connectivity index (χ2n) is 8.34. The van der Waals surface area contributed by atoms with Crippen LogP contribution >= 0.6 is 0 Å². The van der Waals surface area contributed by atoms with Crippen molar-refractivity contribution in [1.29, 1.82) is 0 Å². The van der Waals surface area contributed by atoms with Crippen molar-refractivity contribution in [3.05, 3.63) is 35.9 Å². The largest absolute Gasteiger partial charge is 0.385 e. The average molecular weight is 387 g/mol. The Morgan fingerprint density at radius 3 is 2.50 bits per heavy atom. The summed E-state index contributed by atoms with van der Waals surface area (Å²) in [4.78, 5) is 7.58. The highest BCUT2D eigenvalue weighted by atomic mass is 16.5. The lowest BCUT2D eigenvalue weighted by Gasteiger charge is -2.41. The maximum atomic E-state index is 5.33. The highest BCUT2D eigenvalue weighted by Crippen LogP contribution is 2.44.